The molecule has 9 heteroatoms. The Balaban J connectivity index is 4.10. The van der Waals surface area contributed by atoms with Gasteiger partial charge in [0.25, 0.3) is 0 Å². The molecule has 0 spiro atoms. The van der Waals surface area contributed by atoms with E-state index in [4.69, 9.17) is 14.9 Å². The summed E-state index contributed by atoms with van der Waals surface area (Å²) in [6.07, 6.45) is 36.8. The van der Waals surface area contributed by atoms with E-state index in [1.165, 1.54) is 116 Å². The fraction of sp³-hybridized carbons (Fsp3) is 0.854. The van der Waals surface area contributed by atoms with Crippen LogP contribution in [0.3, 0.4) is 0 Å². The van der Waals surface area contributed by atoms with Crippen LogP contribution >= 0.6 is 0 Å². The number of carbonyl (C=O) groups excluding carboxylic acids is 3. The van der Waals surface area contributed by atoms with Crippen molar-refractivity contribution in [2.45, 2.75) is 212 Å². The molecule has 0 aliphatic rings. The molecule has 50 heavy (non-hydrogen) atoms. The molecule has 0 aliphatic heterocycles. The van der Waals surface area contributed by atoms with Crippen LogP contribution in [0.4, 0.5) is 0 Å². The van der Waals surface area contributed by atoms with Gasteiger partial charge in [-0.25, -0.2) is 4.79 Å². The first-order valence-corrected chi connectivity index (χ1v) is 20.6. The summed E-state index contributed by atoms with van der Waals surface area (Å²) in [7, 11) is 0. The molecule has 0 bridgehead atoms. The van der Waals surface area contributed by atoms with Gasteiger partial charge in [-0.3, -0.25) is 14.4 Å². The fourth-order valence-corrected chi connectivity index (χ4v) is 6.06. The zero-order chi connectivity index (χ0) is 36.9. The number of aliphatic carboxylic acids is 1. The lowest BCUT2D eigenvalue weighted by molar-refractivity contribution is -0.150. The molecule has 2 amide bonds. The number of rotatable bonds is 37. The number of ether oxygens (including phenoxy) is 1. The van der Waals surface area contributed by atoms with Crippen molar-refractivity contribution in [1.29, 1.82) is 0 Å². The predicted molar refractivity (Wildman–Crippen MR) is 204 cm³/mol. The summed E-state index contributed by atoms with van der Waals surface area (Å²) in [5.41, 5.74) is 0. The Morgan fingerprint density at radius 3 is 1.50 bits per heavy atom. The largest absolute Gasteiger partial charge is 0.480 e. The number of esters is 1. The van der Waals surface area contributed by atoms with Crippen molar-refractivity contribution in [3.05, 3.63) is 12.2 Å². The molecule has 0 heterocycles. The van der Waals surface area contributed by atoms with E-state index in [-0.39, 0.29) is 30.9 Å². The molecule has 0 saturated carbocycles. The second-order valence-electron chi connectivity index (χ2n) is 14.1. The molecule has 0 aromatic heterocycles. The summed E-state index contributed by atoms with van der Waals surface area (Å²) in [5.74, 6) is -2.33. The number of hydrogen-bond acceptors (Lipinski definition) is 6. The summed E-state index contributed by atoms with van der Waals surface area (Å²) in [5, 5.41) is 22.5. The molecule has 0 fully saturated rings. The first-order valence-electron chi connectivity index (χ1n) is 20.6. The Labute approximate surface area is 305 Å². The lowest BCUT2D eigenvalue weighted by atomic mass is 10.0. The van der Waals surface area contributed by atoms with Crippen LogP contribution in [0.25, 0.3) is 0 Å². The highest BCUT2D eigenvalue weighted by atomic mass is 16.5. The average Bonchev–Trinajstić information content (AvgIpc) is 3.10. The molecule has 0 aromatic carbocycles. The number of carboxylic acids is 1. The van der Waals surface area contributed by atoms with E-state index >= 15 is 0 Å². The molecule has 2 atom stereocenters. The lowest BCUT2D eigenvalue weighted by Gasteiger charge is -2.18. The van der Waals surface area contributed by atoms with Crippen LogP contribution < -0.4 is 10.6 Å². The van der Waals surface area contributed by atoms with Gasteiger partial charge in [-0.2, -0.15) is 0 Å². The molecule has 2 unspecified atom stereocenters. The van der Waals surface area contributed by atoms with E-state index in [0.29, 0.717) is 12.8 Å². The standard InChI is InChI=1S/C41H76N2O7/c1-3-5-7-9-11-12-13-14-15-16-17-18-19-20-21-23-29-33-40(47)50-36(30-26-22-10-8-6-4-2)31-27-24-25-28-32-38(45)42-34-39(46)43-37(35-44)41(48)49/h14-15,36-37,44H,3-13,16-35H2,1-2H3,(H,42,45)(H,43,46)(H,48,49)/b15-14-. The van der Waals surface area contributed by atoms with E-state index in [2.05, 4.69) is 36.6 Å². The van der Waals surface area contributed by atoms with E-state index in [1.54, 1.807) is 0 Å². The Bertz CT molecular complexity index is 864. The Hall–Kier alpha value is -2.42. The number of allylic oxidation sites excluding steroid dienone is 2. The second kappa shape index (κ2) is 36.4. The third-order valence-corrected chi connectivity index (χ3v) is 9.26. The summed E-state index contributed by atoms with van der Waals surface area (Å²) in [6.45, 7) is 3.44. The SMILES string of the molecule is CCCCCCCC/C=C\CCCCCCCCCC(=O)OC(CCCCCCCC)CCCCCCC(=O)NCC(=O)NC(CO)C(=O)O. The molecule has 4 N–H and O–H groups in total. The van der Waals surface area contributed by atoms with Gasteiger partial charge < -0.3 is 25.6 Å². The monoisotopic (exact) mass is 709 g/mol. The zero-order valence-corrected chi connectivity index (χ0v) is 32.2. The minimum absolute atomic E-state index is 0.0381. The van der Waals surface area contributed by atoms with Crippen molar-refractivity contribution < 1.29 is 34.1 Å². The number of unbranched alkanes of at least 4 members (excludes halogenated alkanes) is 21. The number of nitrogens with one attached hydrogen (secondary N) is 2. The summed E-state index contributed by atoms with van der Waals surface area (Å²) in [6, 6.07) is -1.38. The van der Waals surface area contributed by atoms with Gasteiger partial charge in [0.15, 0.2) is 0 Å². The summed E-state index contributed by atoms with van der Waals surface area (Å²) >= 11 is 0. The normalized spacial score (nSPS) is 12.5. The Morgan fingerprint density at radius 1 is 0.580 bits per heavy atom. The van der Waals surface area contributed by atoms with Gasteiger partial charge in [0.05, 0.1) is 13.2 Å². The molecule has 0 saturated heterocycles. The van der Waals surface area contributed by atoms with Crippen molar-refractivity contribution in [3.8, 4) is 0 Å². The molecule has 292 valence electrons. The third-order valence-electron chi connectivity index (χ3n) is 9.26. The average molecular weight is 709 g/mol. The van der Waals surface area contributed by atoms with Crippen LogP contribution in [-0.2, 0) is 23.9 Å². The number of amides is 2. The summed E-state index contributed by atoms with van der Waals surface area (Å²) in [4.78, 5) is 47.4. The van der Waals surface area contributed by atoms with Crippen molar-refractivity contribution in [1.82, 2.24) is 10.6 Å². The van der Waals surface area contributed by atoms with Crippen LogP contribution in [0.2, 0.25) is 0 Å². The van der Waals surface area contributed by atoms with Crippen molar-refractivity contribution >= 4 is 23.8 Å². The third kappa shape index (κ3) is 32.8. The predicted octanol–water partition coefficient (Wildman–Crippen LogP) is 9.49. The fourth-order valence-electron chi connectivity index (χ4n) is 6.06. The molecule has 9 nitrogen and oxygen atoms in total. The van der Waals surface area contributed by atoms with Crippen molar-refractivity contribution in [2.24, 2.45) is 0 Å². The van der Waals surface area contributed by atoms with Gasteiger partial charge in [0.1, 0.15) is 12.1 Å². The topological polar surface area (TPSA) is 142 Å². The number of aliphatic hydroxyl groups excluding tert-OH is 1. The van der Waals surface area contributed by atoms with Crippen LogP contribution in [0.15, 0.2) is 12.2 Å². The second-order valence-corrected chi connectivity index (χ2v) is 14.1. The molecule has 0 aliphatic carbocycles. The molecular formula is C41H76N2O7. The van der Waals surface area contributed by atoms with Gasteiger partial charge in [0.2, 0.25) is 11.8 Å². The maximum atomic E-state index is 12.7. The minimum atomic E-state index is -1.38. The van der Waals surface area contributed by atoms with Crippen molar-refractivity contribution in [3.63, 3.8) is 0 Å². The Morgan fingerprint density at radius 2 is 1.02 bits per heavy atom. The number of hydrogen-bond donors (Lipinski definition) is 4. The molecule has 0 rings (SSSR count). The van der Waals surface area contributed by atoms with Crippen LogP contribution in [0.5, 0.6) is 0 Å². The zero-order valence-electron chi connectivity index (χ0n) is 32.2. The van der Waals surface area contributed by atoms with Gasteiger partial charge in [-0.1, -0.05) is 135 Å². The highest BCUT2D eigenvalue weighted by Crippen LogP contribution is 2.18. The Kier molecular flexibility index (Phi) is 34.6. The van der Waals surface area contributed by atoms with E-state index < -0.39 is 24.5 Å². The van der Waals surface area contributed by atoms with Gasteiger partial charge in [-0.15, -0.1) is 0 Å². The number of carbonyl (C=O) groups is 4. The van der Waals surface area contributed by atoms with Gasteiger partial charge in [-0.05, 0) is 64.2 Å². The minimum Gasteiger partial charge on any atom is -0.480 e. The quantitative estimate of drug-likeness (QED) is 0.0286. The van der Waals surface area contributed by atoms with Crippen LogP contribution in [-0.4, -0.2) is 59.3 Å². The van der Waals surface area contributed by atoms with E-state index in [9.17, 15) is 19.2 Å². The van der Waals surface area contributed by atoms with Gasteiger partial charge in [0, 0.05) is 12.8 Å². The number of carboxylic acid groups (broad SMARTS) is 1. The van der Waals surface area contributed by atoms with Crippen molar-refractivity contribution in [2.75, 3.05) is 13.2 Å². The van der Waals surface area contributed by atoms with Gasteiger partial charge >= 0.3 is 11.9 Å². The lowest BCUT2D eigenvalue weighted by Crippen LogP contribution is -2.47. The summed E-state index contributed by atoms with van der Waals surface area (Å²) < 4.78 is 5.96. The maximum absolute atomic E-state index is 12.7. The first-order chi connectivity index (χ1) is 24.3. The molecular weight excluding hydrogens is 632 g/mol. The maximum Gasteiger partial charge on any atom is 0.328 e. The van der Waals surface area contributed by atoms with Crippen LogP contribution in [0, 0.1) is 0 Å². The highest BCUT2D eigenvalue weighted by Gasteiger charge is 2.19. The molecule has 0 radical (unpaired) electrons. The van der Waals surface area contributed by atoms with Crippen LogP contribution in [0.1, 0.15) is 200 Å². The van der Waals surface area contributed by atoms with E-state index in [0.717, 1.165) is 51.4 Å². The van der Waals surface area contributed by atoms with E-state index in [1.807, 2.05) is 0 Å². The first kappa shape index (κ1) is 47.6. The highest BCUT2D eigenvalue weighted by molar-refractivity contribution is 5.87. The smallest absolute Gasteiger partial charge is 0.328 e. The molecule has 0 aromatic rings. The number of aliphatic hydroxyl groups is 1.